The lowest BCUT2D eigenvalue weighted by Crippen LogP contribution is -2.32. The average Bonchev–Trinajstić information content (AvgIpc) is 2.37. The van der Waals surface area contributed by atoms with Crippen LogP contribution in [-0.2, 0) is 4.79 Å². The molecule has 2 N–H and O–H groups in total. The lowest BCUT2D eigenvalue weighted by Gasteiger charge is -2.20. The maximum absolute atomic E-state index is 12.2. The number of halogens is 1. The summed E-state index contributed by atoms with van der Waals surface area (Å²) < 4.78 is 0. The van der Waals surface area contributed by atoms with E-state index >= 15 is 0 Å². The van der Waals surface area contributed by atoms with Crippen LogP contribution in [0.2, 0.25) is 5.02 Å². The number of carbonyl (C=O) groups is 1. The lowest BCUT2D eigenvalue weighted by molar-refractivity contribution is -0.123. The van der Waals surface area contributed by atoms with Crippen LogP contribution in [0.5, 0.6) is 0 Å². The van der Waals surface area contributed by atoms with Crippen molar-refractivity contribution in [2.24, 2.45) is 5.92 Å². The number of unbranched alkanes of at least 4 members (excludes halogenated alkanes) is 1. The van der Waals surface area contributed by atoms with E-state index in [1.54, 1.807) is 0 Å². The highest BCUT2D eigenvalue weighted by atomic mass is 35.5. The molecular formula is C15H22ClNO2. The van der Waals surface area contributed by atoms with Crippen molar-refractivity contribution in [3.8, 4) is 0 Å². The van der Waals surface area contributed by atoms with Crippen LogP contribution in [0.25, 0.3) is 0 Å². The fourth-order valence-corrected chi connectivity index (χ4v) is 2.19. The van der Waals surface area contributed by atoms with Crippen LogP contribution in [0, 0.1) is 5.92 Å². The fourth-order valence-electron chi connectivity index (χ4n) is 2.07. The number of aliphatic hydroxyl groups excluding tert-OH is 1. The van der Waals surface area contributed by atoms with E-state index in [9.17, 15) is 4.79 Å². The van der Waals surface area contributed by atoms with Crippen molar-refractivity contribution >= 4 is 17.5 Å². The van der Waals surface area contributed by atoms with Gasteiger partial charge >= 0.3 is 0 Å². The lowest BCUT2D eigenvalue weighted by atomic mass is 9.87. The zero-order valence-corrected chi connectivity index (χ0v) is 12.3. The first kappa shape index (κ1) is 16.0. The van der Waals surface area contributed by atoms with E-state index in [0.29, 0.717) is 18.0 Å². The van der Waals surface area contributed by atoms with Gasteiger partial charge in [-0.05, 0) is 36.5 Å². The molecule has 0 heterocycles. The molecule has 1 rings (SSSR count). The number of aliphatic hydroxyl groups is 1. The van der Waals surface area contributed by atoms with Crippen molar-refractivity contribution in [2.45, 2.75) is 32.6 Å². The number of amides is 1. The number of hydrogen-bond donors (Lipinski definition) is 2. The third kappa shape index (κ3) is 5.21. The van der Waals surface area contributed by atoms with E-state index in [1.165, 1.54) is 0 Å². The molecule has 1 unspecified atom stereocenters. The Balaban J connectivity index is 2.66. The summed E-state index contributed by atoms with van der Waals surface area (Å²) in [7, 11) is 0. The smallest absolute Gasteiger partial charge is 0.227 e. The van der Waals surface area contributed by atoms with E-state index in [0.717, 1.165) is 12.0 Å². The van der Waals surface area contributed by atoms with Crippen molar-refractivity contribution in [2.75, 3.05) is 13.2 Å². The average molecular weight is 284 g/mol. The van der Waals surface area contributed by atoms with Crippen molar-refractivity contribution in [1.82, 2.24) is 5.32 Å². The van der Waals surface area contributed by atoms with Gasteiger partial charge in [0.05, 0.1) is 5.92 Å². The molecule has 4 heteroatoms. The van der Waals surface area contributed by atoms with Gasteiger partial charge in [-0.25, -0.2) is 0 Å². The summed E-state index contributed by atoms with van der Waals surface area (Å²) >= 11 is 5.87. The van der Waals surface area contributed by atoms with Crippen molar-refractivity contribution in [3.05, 3.63) is 34.9 Å². The molecule has 0 radical (unpaired) electrons. The molecule has 1 aromatic carbocycles. The molecule has 1 aromatic rings. The molecule has 0 spiro atoms. The van der Waals surface area contributed by atoms with Crippen LogP contribution in [0.1, 0.15) is 38.2 Å². The summed E-state index contributed by atoms with van der Waals surface area (Å²) in [5.74, 6) is 0.0978. The summed E-state index contributed by atoms with van der Waals surface area (Å²) in [5, 5.41) is 12.3. The van der Waals surface area contributed by atoms with Gasteiger partial charge < -0.3 is 10.4 Å². The summed E-state index contributed by atoms with van der Waals surface area (Å²) in [6.07, 6.45) is 1.52. The highest BCUT2D eigenvalue weighted by molar-refractivity contribution is 6.30. The van der Waals surface area contributed by atoms with Crippen LogP contribution >= 0.6 is 11.6 Å². The predicted octanol–water partition coefficient (Wildman–Crippen LogP) is 2.97. The van der Waals surface area contributed by atoms with E-state index < -0.39 is 0 Å². The number of rotatable bonds is 7. The van der Waals surface area contributed by atoms with Crippen LogP contribution in [-0.4, -0.2) is 24.2 Å². The normalized spacial score (nSPS) is 12.5. The van der Waals surface area contributed by atoms with E-state index in [1.807, 2.05) is 38.1 Å². The molecule has 0 aromatic heterocycles. The molecule has 19 heavy (non-hydrogen) atoms. The molecule has 0 aliphatic carbocycles. The Morgan fingerprint density at radius 3 is 2.42 bits per heavy atom. The topological polar surface area (TPSA) is 49.3 Å². The zero-order chi connectivity index (χ0) is 14.3. The van der Waals surface area contributed by atoms with Gasteiger partial charge in [0.25, 0.3) is 0 Å². The number of nitrogens with one attached hydrogen (secondary N) is 1. The molecule has 0 saturated carbocycles. The summed E-state index contributed by atoms with van der Waals surface area (Å²) in [6.45, 7) is 4.84. The molecule has 1 atom stereocenters. The van der Waals surface area contributed by atoms with E-state index in [4.69, 9.17) is 16.7 Å². The van der Waals surface area contributed by atoms with E-state index in [-0.39, 0.29) is 24.3 Å². The zero-order valence-electron chi connectivity index (χ0n) is 11.5. The van der Waals surface area contributed by atoms with Crippen LogP contribution in [0.15, 0.2) is 24.3 Å². The third-order valence-corrected chi connectivity index (χ3v) is 3.31. The second kappa shape index (κ2) is 8.18. The van der Waals surface area contributed by atoms with Crippen LogP contribution < -0.4 is 5.32 Å². The van der Waals surface area contributed by atoms with Gasteiger partial charge in [0, 0.05) is 18.2 Å². The first-order valence-electron chi connectivity index (χ1n) is 6.70. The minimum atomic E-state index is -0.161. The standard InChI is InChI=1S/C15H22ClNO2/c1-11(2)14(12-5-7-13(16)8-6-12)15(19)17-9-3-4-10-18/h5-8,11,14,18H,3-4,9-10H2,1-2H3,(H,17,19). The summed E-state index contributed by atoms with van der Waals surface area (Å²) in [5.41, 5.74) is 0.985. The van der Waals surface area contributed by atoms with Gasteiger partial charge in [0.15, 0.2) is 0 Å². The van der Waals surface area contributed by atoms with Crippen molar-refractivity contribution in [1.29, 1.82) is 0 Å². The molecule has 0 fully saturated rings. The van der Waals surface area contributed by atoms with E-state index in [2.05, 4.69) is 5.32 Å². The highest BCUT2D eigenvalue weighted by Gasteiger charge is 2.23. The van der Waals surface area contributed by atoms with Gasteiger partial charge in [-0.1, -0.05) is 37.6 Å². The predicted molar refractivity (Wildman–Crippen MR) is 78.4 cm³/mol. The Labute approximate surface area is 120 Å². The van der Waals surface area contributed by atoms with Gasteiger partial charge in [-0.2, -0.15) is 0 Å². The minimum Gasteiger partial charge on any atom is -0.396 e. The number of benzene rings is 1. The Morgan fingerprint density at radius 1 is 1.26 bits per heavy atom. The number of hydrogen-bond acceptors (Lipinski definition) is 2. The van der Waals surface area contributed by atoms with Crippen LogP contribution in [0.3, 0.4) is 0 Å². The maximum Gasteiger partial charge on any atom is 0.227 e. The van der Waals surface area contributed by atoms with Gasteiger partial charge in [0.2, 0.25) is 5.91 Å². The molecule has 106 valence electrons. The Bertz CT molecular complexity index is 390. The third-order valence-electron chi connectivity index (χ3n) is 3.06. The fraction of sp³-hybridized carbons (Fsp3) is 0.533. The number of carbonyl (C=O) groups excluding carboxylic acids is 1. The Morgan fingerprint density at radius 2 is 1.89 bits per heavy atom. The second-order valence-corrected chi connectivity index (χ2v) is 5.43. The Kier molecular flexibility index (Phi) is 6.89. The van der Waals surface area contributed by atoms with Gasteiger partial charge in [-0.15, -0.1) is 0 Å². The molecule has 3 nitrogen and oxygen atoms in total. The van der Waals surface area contributed by atoms with Gasteiger partial charge in [0.1, 0.15) is 0 Å². The molecule has 0 saturated heterocycles. The molecular weight excluding hydrogens is 262 g/mol. The summed E-state index contributed by atoms with van der Waals surface area (Å²) in [4.78, 5) is 12.2. The van der Waals surface area contributed by atoms with Crippen molar-refractivity contribution in [3.63, 3.8) is 0 Å². The molecule has 0 aliphatic rings. The minimum absolute atomic E-state index is 0.0373. The molecule has 0 bridgehead atoms. The largest absolute Gasteiger partial charge is 0.396 e. The second-order valence-electron chi connectivity index (χ2n) is 4.99. The monoisotopic (exact) mass is 283 g/mol. The quantitative estimate of drug-likeness (QED) is 0.756. The van der Waals surface area contributed by atoms with Gasteiger partial charge in [-0.3, -0.25) is 4.79 Å². The van der Waals surface area contributed by atoms with Crippen LogP contribution in [0.4, 0.5) is 0 Å². The first-order chi connectivity index (χ1) is 9.06. The highest BCUT2D eigenvalue weighted by Crippen LogP contribution is 2.25. The molecule has 0 aliphatic heterocycles. The maximum atomic E-state index is 12.2. The Hall–Kier alpha value is -1.06. The van der Waals surface area contributed by atoms with Crippen molar-refractivity contribution < 1.29 is 9.90 Å². The first-order valence-corrected chi connectivity index (χ1v) is 7.08. The summed E-state index contributed by atoms with van der Waals surface area (Å²) in [6, 6.07) is 7.43. The SMILES string of the molecule is CC(C)C(C(=O)NCCCCO)c1ccc(Cl)cc1. The molecule has 1 amide bonds.